The van der Waals surface area contributed by atoms with Crippen LogP contribution >= 0.6 is 0 Å². The molecule has 1 aromatic carbocycles. The van der Waals surface area contributed by atoms with Crippen molar-refractivity contribution in [2.24, 2.45) is 0 Å². The second-order valence-electron chi connectivity index (χ2n) is 3.20. The van der Waals surface area contributed by atoms with Gasteiger partial charge in [0, 0.05) is 17.5 Å². The molecule has 0 heterocycles. The SMILES string of the molecule is C=C(F)c1ccc2c(c1)C(=O)CC2. The molecular weight excluding hydrogens is 167 g/mol. The van der Waals surface area contributed by atoms with Gasteiger partial charge in [0.2, 0.25) is 0 Å². The van der Waals surface area contributed by atoms with Gasteiger partial charge in [-0.15, -0.1) is 0 Å². The van der Waals surface area contributed by atoms with Gasteiger partial charge in [-0.2, -0.15) is 0 Å². The Morgan fingerprint density at radius 1 is 1.38 bits per heavy atom. The molecule has 0 N–H and O–H groups in total. The van der Waals surface area contributed by atoms with E-state index in [1.807, 2.05) is 0 Å². The molecule has 66 valence electrons. The van der Waals surface area contributed by atoms with Gasteiger partial charge in [0.05, 0.1) is 0 Å². The first kappa shape index (κ1) is 8.17. The van der Waals surface area contributed by atoms with Crippen LogP contribution in [0.5, 0.6) is 0 Å². The summed E-state index contributed by atoms with van der Waals surface area (Å²) in [6, 6.07) is 5.06. The number of benzene rings is 1. The number of ketones is 1. The Morgan fingerprint density at radius 2 is 2.15 bits per heavy atom. The number of Topliss-reactive ketones (excluding diaryl/α,β-unsaturated/α-hetero) is 1. The Bertz CT molecular complexity index is 393. The van der Waals surface area contributed by atoms with Gasteiger partial charge in [0.1, 0.15) is 5.83 Å². The highest BCUT2D eigenvalue weighted by molar-refractivity contribution is 6.00. The van der Waals surface area contributed by atoms with Crippen LogP contribution in [0.1, 0.15) is 27.9 Å². The number of carbonyl (C=O) groups excluding carboxylic acids is 1. The molecule has 0 saturated heterocycles. The Labute approximate surface area is 75.9 Å². The maximum Gasteiger partial charge on any atom is 0.163 e. The lowest BCUT2D eigenvalue weighted by Gasteiger charge is -2.00. The highest BCUT2D eigenvalue weighted by Gasteiger charge is 2.19. The summed E-state index contributed by atoms with van der Waals surface area (Å²) in [7, 11) is 0. The first-order chi connectivity index (χ1) is 6.18. The zero-order valence-corrected chi connectivity index (χ0v) is 7.14. The number of hydrogen-bond acceptors (Lipinski definition) is 1. The fraction of sp³-hybridized carbons (Fsp3) is 0.182. The predicted octanol–water partition coefficient (Wildman–Crippen LogP) is 2.76. The smallest absolute Gasteiger partial charge is 0.163 e. The lowest BCUT2D eigenvalue weighted by molar-refractivity contribution is 0.0994. The average molecular weight is 176 g/mol. The van der Waals surface area contributed by atoms with Gasteiger partial charge < -0.3 is 0 Å². The van der Waals surface area contributed by atoms with E-state index in [0.29, 0.717) is 17.5 Å². The lowest BCUT2D eigenvalue weighted by atomic mass is 10.1. The normalized spacial score (nSPS) is 14.4. The van der Waals surface area contributed by atoms with E-state index in [0.717, 1.165) is 12.0 Å². The Morgan fingerprint density at radius 3 is 2.85 bits per heavy atom. The van der Waals surface area contributed by atoms with E-state index >= 15 is 0 Å². The van der Waals surface area contributed by atoms with Gasteiger partial charge >= 0.3 is 0 Å². The van der Waals surface area contributed by atoms with E-state index in [9.17, 15) is 9.18 Å². The fourth-order valence-electron chi connectivity index (χ4n) is 1.61. The van der Waals surface area contributed by atoms with Crippen molar-refractivity contribution in [2.45, 2.75) is 12.8 Å². The summed E-state index contributed by atoms with van der Waals surface area (Å²) in [5, 5.41) is 0. The van der Waals surface area contributed by atoms with Crippen LogP contribution in [0.4, 0.5) is 4.39 Å². The van der Waals surface area contributed by atoms with Gasteiger partial charge in [-0.3, -0.25) is 4.79 Å². The molecule has 0 atom stereocenters. The van der Waals surface area contributed by atoms with Crippen LogP contribution in [0.2, 0.25) is 0 Å². The second-order valence-corrected chi connectivity index (χ2v) is 3.20. The molecule has 0 radical (unpaired) electrons. The molecule has 2 heteroatoms. The van der Waals surface area contributed by atoms with Crippen molar-refractivity contribution in [2.75, 3.05) is 0 Å². The largest absolute Gasteiger partial charge is 0.294 e. The molecule has 1 aliphatic rings. The number of halogens is 1. The summed E-state index contributed by atoms with van der Waals surface area (Å²) >= 11 is 0. The van der Waals surface area contributed by atoms with Crippen LogP contribution in [0, 0.1) is 0 Å². The van der Waals surface area contributed by atoms with E-state index < -0.39 is 5.83 Å². The van der Waals surface area contributed by atoms with Crippen LogP contribution in [0.15, 0.2) is 24.8 Å². The molecule has 0 amide bonds. The van der Waals surface area contributed by atoms with E-state index in [2.05, 4.69) is 6.58 Å². The molecule has 1 aliphatic carbocycles. The van der Waals surface area contributed by atoms with Gasteiger partial charge in [-0.05, 0) is 18.1 Å². The molecule has 0 spiro atoms. The third kappa shape index (κ3) is 1.28. The van der Waals surface area contributed by atoms with Gasteiger partial charge in [0.25, 0.3) is 0 Å². The molecule has 0 unspecified atom stereocenters. The minimum absolute atomic E-state index is 0.109. The molecule has 13 heavy (non-hydrogen) atoms. The molecule has 0 bridgehead atoms. The molecule has 0 aromatic heterocycles. The molecule has 0 aliphatic heterocycles. The topological polar surface area (TPSA) is 17.1 Å². The quantitative estimate of drug-likeness (QED) is 0.643. The molecular formula is C11H9FO. The molecule has 1 aromatic rings. The number of rotatable bonds is 1. The first-order valence-electron chi connectivity index (χ1n) is 4.19. The summed E-state index contributed by atoms with van der Waals surface area (Å²) in [5.74, 6) is -0.374. The molecule has 0 saturated carbocycles. The highest BCUT2D eigenvalue weighted by Crippen LogP contribution is 2.25. The van der Waals surface area contributed by atoms with E-state index in [1.54, 1.807) is 18.2 Å². The van der Waals surface area contributed by atoms with Crippen molar-refractivity contribution in [3.8, 4) is 0 Å². The highest BCUT2D eigenvalue weighted by atomic mass is 19.1. The number of fused-ring (bicyclic) bond motifs is 1. The van der Waals surface area contributed by atoms with Crippen LogP contribution in [-0.4, -0.2) is 5.78 Å². The zero-order chi connectivity index (χ0) is 9.42. The third-order valence-corrected chi connectivity index (χ3v) is 2.34. The van der Waals surface area contributed by atoms with E-state index in [4.69, 9.17) is 0 Å². The maximum atomic E-state index is 12.7. The van der Waals surface area contributed by atoms with E-state index in [-0.39, 0.29) is 5.78 Å². The molecule has 0 fully saturated rings. The minimum Gasteiger partial charge on any atom is -0.294 e. The maximum absolute atomic E-state index is 12.7. The summed E-state index contributed by atoms with van der Waals surface area (Å²) < 4.78 is 12.7. The number of carbonyl (C=O) groups is 1. The lowest BCUT2D eigenvalue weighted by Crippen LogP contribution is -1.92. The van der Waals surface area contributed by atoms with Crippen LogP contribution in [-0.2, 0) is 6.42 Å². The van der Waals surface area contributed by atoms with Crippen molar-refractivity contribution >= 4 is 11.6 Å². The van der Waals surface area contributed by atoms with Crippen LogP contribution < -0.4 is 0 Å². The predicted molar refractivity (Wildman–Crippen MR) is 49.2 cm³/mol. The van der Waals surface area contributed by atoms with Gasteiger partial charge in [-0.25, -0.2) is 4.39 Å². The standard InChI is InChI=1S/C11H9FO/c1-7(12)9-3-2-8-4-5-11(13)10(8)6-9/h2-3,6H,1,4-5H2. The second kappa shape index (κ2) is 2.80. The van der Waals surface area contributed by atoms with E-state index in [1.165, 1.54) is 0 Å². The Hall–Kier alpha value is -1.44. The van der Waals surface area contributed by atoms with Crippen LogP contribution in [0.3, 0.4) is 0 Å². The number of hydrogen-bond donors (Lipinski definition) is 0. The minimum atomic E-state index is -0.484. The summed E-state index contributed by atoms with van der Waals surface area (Å²) in [5.41, 5.74) is 2.10. The summed E-state index contributed by atoms with van der Waals surface area (Å²) in [6.45, 7) is 3.20. The first-order valence-corrected chi connectivity index (χ1v) is 4.19. The van der Waals surface area contributed by atoms with Crippen molar-refractivity contribution in [3.05, 3.63) is 41.5 Å². The molecule has 2 rings (SSSR count). The average Bonchev–Trinajstić information content (AvgIpc) is 2.47. The molecule has 1 nitrogen and oxygen atoms in total. The Kier molecular flexibility index (Phi) is 1.76. The Balaban J connectivity index is 2.54. The van der Waals surface area contributed by atoms with Crippen LogP contribution in [0.25, 0.3) is 5.83 Å². The van der Waals surface area contributed by atoms with Gasteiger partial charge in [-0.1, -0.05) is 18.7 Å². The van der Waals surface area contributed by atoms with Gasteiger partial charge in [0.15, 0.2) is 5.78 Å². The fourth-order valence-corrected chi connectivity index (χ4v) is 1.61. The summed E-state index contributed by atoms with van der Waals surface area (Å²) in [6.07, 6.45) is 1.34. The summed E-state index contributed by atoms with van der Waals surface area (Å²) in [4.78, 5) is 11.3. The zero-order valence-electron chi connectivity index (χ0n) is 7.14. The third-order valence-electron chi connectivity index (χ3n) is 2.34. The number of aryl methyl sites for hydroxylation is 1. The van der Waals surface area contributed by atoms with Crippen molar-refractivity contribution in [1.29, 1.82) is 0 Å². The van der Waals surface area contributed by atoms with Crippen molar-refractivity contribution in [3.63, 3.8) is 0 Å². The monoisotopic (exact) mass is 176 g/mol. The van der Waals surface area contributed by atoms with Crippen molar-refractivity contribution in [1.82, 2.24) is 0 Å². The van der Waals surface area contributed by atoms with Crippen molar-refractivity contribution < 1.29 is 9.18 Å².